The Morgan fingerprint density at radius 2 is 1.46 bits per heavy atom. The van der Waals surface area contributed by atoms with Crippen LogP contribution < -0.4 is 5.73 Å². The van der Waals surface area contributed by atoms with Crippen LogP contribution in [0.3, 0.4) is 0 Å². The molecule has 0 aliphatic heterocycles. The van der Waals surface area contributed by atoms with Gasteiger partial charge < -0.3 is 5.73 Å². The second kappa shape index (κ2) is 9.03. The molecule has 2 N–H and O–H groups in total. The van der Waals surface area contributed by atoms with Gasteiger partial charge in [0.05, 0.1) is 11.4 Å². The number of hydrogen-bond donors (Lipinski definition) is 1. The van der Waals surface area contributed by atoms with E-state index in [0.29, 0.717) is 17.1 Å². The lowest BCUT2D eigenvalue weighted by Gasteiger charge is -2.38. The zero-order valence-electron chi connectivity index (χ0n) is 20.0. The van der Waals surface area contributed by atoms with Crippen LogP contribution in [0.5, 0.6) is 0 Å². The van der Waals surface area contributed by atoms with E-state index in [2.05, 4.69) is 51.6 Å². The minimum Gasteiger partial charge on any atom is -0.321 e. The molecule has 2 aromatic carbocycles. The van der Waals surface area contributed by atoms with Crippen LogP contribution in [-0.4, -0.2) is 29.5 Å². The van der Waals surface area contributed by atoms with Crippen LogP contribution in [-0.2, 0) is 5.54 Å². The van der Waals surface area contributed by atoms with Crippen LogP contribution in [0.15, 0.2) is 91.1 Å². The molecule has 0 atom stereocenters. The summed E-state index contributed by atoms with van der Waals surface area (Å²) in [4.78, 5) is 14.8. The van der Waals surface area contributed by atoms with Gasteiger partial charge in [-0.15, -0.1) is 22.6 Å². The normalized spacial score (nSPS) is 14.3. The molecule has 8 heteroatoms. The summed E-state index contributed by atoms with van der Waals surface area (Å²) in [5.41, 5.74) is 14.0. The molecule has 4 heterocycles. The molecule has 0 radical (unpaired) electrons. The van der Waals surface area contributed by atoms with Gasteiger partial charge in [-0.2, -0.15) is 0 Å². The van der Waals surface area contributed by atoms with Crippen molar-refractivity contribution in [3.8, 4) is 34.0 Å². The molecule has 1 fully saturated rings. The number of aromatic nitrogens is 6. The van der Waals surface area contributed by atoms with E-state index >= 15 is 0 Å². The molecular formula is C29H24ClN7. The van der Waals surface area contributed by atoms with Crippen LogP contribution in [0.25, 0.3) is 50.8 Å². The number of rotatable bonds is 4. The minimum atomic E-state index is -0.197. The zero-order valence-corrected chi connectivity index (χ0v) is 20.8. The van der Waals surface area contributed by atoms with Crippen molar-refractivity contribution in [2.75, 3.05) is 0 Å². The van der Waals surface area contributed by atoms with Crippen molar-refractivity contribution < 1.29 is 0 Å². The van der Waals surface area contributed by atoms with Crippen molar-refractivity contribution in [1.82, 2.24) is 29.5 Å². The molecule has 0 unspecified atom stereocenters. The van der Waals surface area contributed by atoms with Crippen LogP contribution in [0, 0.1) is 0 Å². The molecule has 0 spiro atoms. The highest BCUT2D eigenvalue weighted by Crippen LogP contribution is 2.40. The molecule has 37 heavy (non-hydrogen) atoms. The maximum atomic E-state index is 6.57. The Hall–Kier alpha value is -4.20. The molecule has 7 rings (SSSR count). The van der Waals surface area contributed by atoms with Crippen molar-refractivity contribution in [2.24, 2.45) is 5.73 Å². The Balaban J connectivity index is 0.00000252. The molecule has 6 aromatic rings. The van der Waals surface area contributed by atoms with Crippen LogP contribution in [0.1, 0.15) is 24.8 Å². The Morgan fingerprint density at radius 1 is 0.730 bits per heavy atom. The summed E-state index contributed by atoms with van der Waals surface area (Å²) in [6, 6.07) is 28.3. The highest BCUT2D eigenvalue weighted by Gasteiger charge is 2.34. The van der Waals surface area contributed by atoms with E-state index in [1.54, 1.807) is 6.20 Å². The molecule has 182 valence electrons. The van der Waals surface area contributed by atoms with Crippen molar-refractivity contribution in [2.45, 2.75) is 24.8 Å². The number of halogens is 1. The van der Waals surface area contributed by atoms with Gasteiger partial charge in [-0.05, 0) is 49.1 Å². The second-order valence-electron chi connectivity index (χ2n) is 9.35. The van der Waals surface area contributed by atoms with E-state index in [1.165, 1.54) is 12.0 Å². The first-order valence-electron chi connectivity index (χ1n) is 12.1. The van der Waals surface area contributed by atoms with E-state index < -0.39 is 0 Å². The fourth-order valence-corrected chi connectivity index (χ4v) is 4.95. The first-order chi connectivity index (χ1) is 17.7. The maximum absolute atomic E-state index is 6.57. The smallest absolute Gasteiger partial charge is 0.188 e. The lowest BCUT2D eigenvalue weighted by Crippen LogP contribution is -2.43. The maximum Gasteiger partial charge on any atom is 0.188 e. The van der Waals surface area contributed by atoms with Gasteiger partial charge in [-0.25, -0.2) is 9.97 Å². The fourth-order valence-electron chi connectivity index (χ4n) is 4.95. The average molecular weight is 506 g/mol. The lowest BCUT2D eigenvalue weighted by molar-refractivity contribution is 0.253. The van der Waals surface area contributed by atoms with E-state index in [9.17, 15) is 0 Å². The molecular weight excluding hydrogens is 482 g/mol. The van der Waals surface area contributed by atoms with E-state index in [0.717, 1.165) is 46.6 Å². The SMILES string of the molecule is Cl.NC1(c2ccc(-c3nc4ccc5nnc(-c6ccccn6)n5c4nc3-c3ccccc3)cc2)CCC1. The Labute approximate surface area is 219 Å². The third-order valence-corrected chi connectivity index (χ3v) is 7.11. The number of benzene rings is 2. The van der Waals surface area contributed by atoms with Crippen molar-refractivity contribution >= 4 is 29.2 Å². The Kier molecular flexibility index (Phi) is 5.67. The largest absolute Gasteiger partial charge is 0.321 e. The number of nitrogens with zero attached hydrogens (tertiary/aromatic N) is 6. The summed E-state index contributed by atoms with van der Waals surface area (Å²) in [6.45, 7) is 0. The van der Waals surface area contributed by atoms with Gasteiger partial charge in [0.15, 0.2) is 17.1 Å². The number of pyridine rings is 2. The highest BCUT2D eigenvalue weighted by atomic mass is 35.5. The third-order valence-electron chi connectivity index (χ3n) is 7.11. The Morgan fingerprint density at radius 3 is 2.16 bits per heavy atom. The second-order valence-corrected chi connectivity index (χ2v) is 9.35. The van der Waals surface area contributed by atoms with E-state index in [4.69, 9.17) is 15.7 Å². The molecule has 0 bridgehead atoms. The minimum absolute atomic E-state index is 0. The zero-order chi connectivity index (χ0) is 24.1. The molecule has 7 nitrogen and oxygen atoms in total. The molecule has 4 aromatic heterocycles. The predicted octanol–water partition coefficient (Wildman–Crippen LogP) is 5.83. The van der Waals surface area contributed by atoms with Crippen molar-refractivity contribution in [1.29, 1.82) is 0 Å². The quantitative estimate of drug-likeness (QED) is 0.324. The molecule has 1 aliphatic carbocycles. The Bertz CT molecular complexity index is 1710. The summed E-state index contributed by atoms with van der Waals surface area (Å²) in [5.74, 6) is 0.635. The number of fused-ring (bicyclic) bond motifs is 3. The topological polar surface area (TPSA) is 94.9 Å². The van der Waals surface area contributed by atoms with E-state index in [1.807, 2.05) is 52.9 Å². The van der Waals surface area contributed by atoms with Gasteiger partial charge >= 0.3 is 0 Å². The van der Waals surface area contributed by atoms with Crippen LogP contribution in [0.2, 0.25) is 0 Å². The molecule has 1 aliphatic rings. The summed E-state index contributed by atoms with van der Waals surface area (Å²) in [7, 11) is 0. The van der Waals surface area contributed by atoms with Gasteiger partial charge in [-0.1, -0.05) is 60.7 Å². The monoisotopic (exact) mass is 505 g/mol. The molecule has 0 amide bonds. The summed E-state index contributed by atoms with van der Waals surface area (Å²) in [6.07, 6.45) is 5.00. The van der Waals surface area contributed by atoms with Crippen molar-refractivity contribution in [3.63, 3.8) is 0 Å². The van der Waals surface area contributed by atoms with Gasteiger partial charge in [-0.3, -0.25) is 9.38 Å². The summed E-state index contributed by atoms with van der Waals surface area (Å²) in [5, 5.41) is 8.78. The fraction of sp³-hybridized carbons (Fsp3) is 0.138. The first-order valence-corrected chi connectivity index (χ1v) is 12.1. The number of nitrogens with two attached hydrogens (primary N) is 1. The van der Waals surface area contributed by atoms with Crippen molar-refractivity contribution in [3.05, 3.63) is 96.7 Å². The molecule has 0 saturated heterocycles. The van der Waals surface area contributed by atoms with E-state index in [-0.39, 0.29) is 17.9 Å². The number of hydrogen-bond acceptors (Lipinski definition) is 6. The standard InChI is InChI=1S/C29H23N7.ClH/c30-29(16-6-17-29)21-12-10-20(11-13-21)25-26(19-7-2-1-3-8-19)33-27-23(32-25)14-15-24-34-35-28(36(24)27)22-9-4-5-18-31-22;/h1-5,7-15,18H,6,16-17,30H2;1H. The lowest BCUT2D eigenvalue weighted by atomic mass is 9.72. The van der Waals surface area contributed by atoms with Crippen LogP contribution in [0.4, 0.5) is 0 Å². The van der Waals surface area contributed by atoms with Gasteiger partial charge in [0.25, 0.3) is 0 Å². The van der Waals surface area contributed by atoms with Gasteiger partial charge in [0, 0.05) is 22.9 Å². The predicted molar refractivity (Wildman–Crippen MR) is 147 cm³/mol. The summed E-state index contributed by atoms with van der Waals surface area (Å²) >= 11 is 0. The summed E-state index contributed by atoms with van der Waals surface area (Å²) < 4.78 is 1.93. The van der Waals surface area contributed by atoms with Gasteiger partial charge in [0.1, 0.15) is 11.2 Å². The third kappa shape index (κ3) is 3.84. The van der Waals surface area contributed by atoms with Gasteiger partial charge in [0.2, 0.25) is 0 Å². The van der Waals surface area contributed by atoms with Crippen LogP contribution >= 0.6 is 12.4 Å². The average Bonchev–Trinajstić information content (AvgIpc) is 3.37. The molecule has 1 saturated carbocycles. The first kappa shape index (κ1) is 23.2. The highest BCUT2D eigenvalue weighted by molar-refractivity contribution is 5.87.